The maximum Gasteiger partial charge on any atom is 0.434 e. The Morgan fingerprint density at radius 2 is 1.62 bits per heavy atom. The number of carboxylic acids is 1. The van der Waals surface area contributed by atoms with Gasteiger partial charge in [-0.3, -0.25) is 4.90 Å². The van der Waals surface area contributed by atoms with E-state index in [0.717, 1.165) is 17.0 Å². The number of amides is 1. The van der Waals surface area contributed by atoms with Crippen molar-refractivity contribution in [2.75, 3.05) is 31.6 Å². The van der Waals surface area contributed by atoms with Crippen molar-refractivity contribution < 1.29 is 58.9 Å². The second-order valence-electron chi connectivity index (χ2n) is 10.2. The summed E-state index contributed by atoms with van der Waals surface area (Å²) < 4.78 is 121. The number of hydrogen-bond acceptors (Lipinski definition) is 5. The van der Waals surface area contributed by atoms with Gasteiger partial charge in [0.1, 0.15) is 6.04 Å². The normalized spacial score (nSPS) is 20.4. The van der Waals surface area contributed by atoms with E-state index in [2.05, 4.69) is 4.74 Å². The molecule has 0 aliphatic carbocycles. The second kappa shape index (κ2) is 11.2. The third-order valence-corrected chi connectivity index (χ3v) is 7.50. The summed E-state index contributed by atoms with van der Waals surface area (Å²) in [5.41, 5.74) is -1.17. The van der Waals surface area contributed by atoms with Crippen molar-refractivity contribution in [2.24, 2.45) is 0 Å². The van der Waals surface area contributed by atoms with E-state index in [1.807, 2.05) is 0 Å². The first kappa shape index (κ1) is 31.6. The largest absolute Gasteiger partial charge is 0.480 e. The summed E-state index contributed by atoms with van der Waals surface area (Å²) in [6, 6.07) is 2.05. The summed E-state index contributed by atoms with van der Waals surface area (Å²) in [6.45, 7) is 1.58. The molecule has 0 saturated carbocycles. The van der Waals surface area contributed by atoms with Gasteiger partial charge in [-0.15, -0.1) is 0 Å². The van der Waals surface area contributed by atoms with Crippen LogP contribution in [0.1, 0.15) is 43.7 Å². The SMILES string of the molecule is CN(Cc1ccc(C(F)(F)F)cc1N1CCC[C@H]1C(=O)O)C1(C)CCN(C(=O)OC(C(F)(F)F)C(F)(F)F)CC1. The van der Waals surface area contributed by atoms with Crippen LogP contribution in [0.5, 0.6) is 0 Å². The average molecular weight is 593 g/mol. The molecule has 0 unspecified atom stereocenters. The second-order valence-corrected chi connectivity index (χ2v) is 10.2. The van der Waals surface area contributed by atoms with E-state index in [1.54, 1.807) is 18.9 Å². The number of piperidine rings is 1. The highest BCUT2D eigenvalue weighted by Gasteiger charge is 2.60. The summed E-state index contributed by atoms with van der Waals surface area (Å²) >= 11 is 0. The van der Waals surface area contributed by atoms with Crippen LogP contribution >= 0.6 is 0 Å². The molecule has 0 radical (unpaired) electrons. The summed E-state index contributed by atoms with van der Waals surface area (Å²) in [4.78, 5) is 27.7. The lowest BCUT2D eigenvalue weighted by Crippen LogP contribution is -2.54. The van der Waals surface area contributed by atoms with Gasteiger partial charge in [-0.05, 0) is 57.4 Å². The number of rotatable bonds is 6. The third kappa shape index (κ3) is 7.04. The van der Waals surface area contributed by atoms with E-state index < -0.39 is 53.8 Å². The number of carbonyl (C=O) groups excluding carboxylic acids is 1. The number of likely N-dealkylation sites (tertiary alicyclic amines) is 1. The minimum atomic E-state index is -5.84. The first-order valence-electron chi connectivity index (χ1n) is 12.2. The zero-order chi connectivity index (χ0) is 30.3. The van der Waals surface area contributed by atoms with Gasteiger partial charge in [-0.2, -0.15) is 39.5 Å². The average Bonchev–Trinajstić information content (AvgIpc) is 3.31. The van der Waals surface area contributed by atoms with E-state index in [1.165, 1.54) is 11.0 Å². The molecule has 1 aromatic rings. The molecular weight excluding hydrogens is 565 g/mol. The van der Waals surface area contributed by atoms with E-state index >= 15 is 0 Å². The fourth-order valence-electron chi connectivity index (χ4n) is 4.95. The van der Waals surface area contributed by atoms with E-state index in [4.69, 9.17) is 0 Å². The highest BCUT2D eigenvalue weighted by molar-refractivity contribution is 5.79. The van der Waals surface area contributed by atoms with Crippen LogP contribution in [0.2, 0.25) is 0 Å². The Morgan fingerprint density at radius 1 is 1.05 bits per heavy atom. The molecule has 226 valence electrons. The zero-order valence-electron chi connectivity index (χ0n) is 21.5. The van der Waals surface area contributed by atoms with Crippen LogP contribution in [0.15, 0.2) is 18.2 Å². The number of alkyl halides is 9. The summed E-state index contributed by atoms with van der Waals surface area (Å²) in [7, 11) is 1.64. The van der Waals surface area contributed by atoms with Crippen molar-refractivity contribution in [3.8, 4) is 0 Å². The first-order valence-corrected chi connectivity index (χ1v) is 12.2. The number of halogens is 9. The van der Waals surface area contributed by atoms with Crippen molar-refractivity contribution in [2.45, 2.75) is 75.4 Å². The molecule has 0 bridgehead atoms. The number of nitrogens with zero attached hydrogens (tertiary/aromatic N) is 3. The fourth-order valence-corrected chi connectivity index (χ4v) is 4.95. The van der Waals surface area contributed by atoms with Gasteiger partial charge in [0.2, 0.25) is 0 Å². The number of aliphatic carboxylic acids is 1. The van der Waals surface area contributed by atoms with Gasteiger partial charge in [0.05, 0.1) is 5.56 Å². The minimum absolute atomic E-state index is 0.0570. The molecule has 2 heterocycles. The lowest BCUT2D eigenvalue weighted by molar-refractivity contribution is -0.308. The van der Waals surface area contributed by atoms with E-state index in [-0.39, 0.29) is 51.1 Å². The lowest BCUT2D eigenvalue weighted by atomic mass is 9.87. The molecule has 40 heavy (non-hydrogen) atoms. The number of carboxylic acid groups (broad SMARTS) is 1. The van der Waals surface area contributed by atoms with Crippen LogP contribution in [0, 0.1) is 0 Å². The van der Waals surface area contributed by atoms with Crippen molar-refractivity contribution in [1.29, 1.82) is 0 Å². The quantitative estimate of drug-likeness (QED) is 0.429. The Kier molecular flexibility index (Phi) is 8.82. The molecule has 3 rings (SSSR count). The molecule has 16 heteroatoms. The molecule has 2 fully saturated rings. The maximum absolute atomic E-state index is 13.5. The molecule has 1 N–H and O–H groups in total. The van der Waals surface area contributed by atoms with Gasteiger partial charge in [-0.25, -0.2) is 9.59 Å². The molecule has 2 saturated heterocycles. The van der Waals surface area contributed by atoms with E-state index in [0.29, 0.717) is 12.0 Å². The van der Waals surface area contributed by atoms with Crippen LogP contribution in [0.3, 0.4) is 0 Å². The Hall–Kier alpha value is -2.91. The predicted octanol–water partition coefficient (Wildman–Crippen LogP) is 5.67. The van der Waals surface area contributed by atoms with Crippen molar-refractivity contribution in [3.63, 3.8) is 0 Å². The molecule has 1 amide bonds. The van der Waals surface area contributed by atoms with Crippen molar-refractivity contribution in [3.05, 3.63) is 29.3 Å². The molecule has 1 atom stereocenters. The zero-order valence-corrected chi connectivity index (χ0v) is 21.5. The van der Waals surface area contributed by atoms with Crippen molar-refractivity contribution in [1.82, 2.24) is 9.80 Å². The van der Waals surface area contributed by atoms with Crippen LogP contribution < -0.4 is 4.90 Å². The third-order valence-electron chi connectivity index (χ3n) is 7.50. The Morgan fingerprint density at radius 3 is 2.12 bits per heavy atom. The molecule has 0 aromatic heterocycles. The maximum atomic E-state index is 13.5. The summed E-state index contributed by atoms with van der Waals surface area (Å²) in [5, 5.41) is 9.56. The fraction of sp³-hybridized carbons (Fsp3) is 0.667. The van der Waals surface area contributed by atoms with Crippen LogP contribution in [0.25, 0.3) is 0 Å². The molecule has 2 aliphatic rings. The first-order chi connectivity index (χ1) is 18.2. The molecule has 7 nitrogen and oxygen atoms in total. The molecule has 2 aliphatic heterocycles. The van der Waals surface area contributed by atoms with Crippen LogP contribution in [0.4, 0.5) is 50.0 Å². The van der Waals surface area contributed by atoms with Gasteiger partial charge in [0.25, 0.3) is 6.10 Å². The summed E-state index contributed by atoms with van der Waals surface area (Å²) in [6.07, 6.45) is -21.4. The predicted molar refractivity (Wildman–Crippen MR) is 123 cm³/mol. The van der Waals surface area contributed by atoms with Crippen LogP contribution in [-0.4, -0.2) is 83.7 Å². The van der Waals surface area contributed by atoms with Crippen LogP contribution in [-0.2, 0) is 22.3 Å². The van der Waals surface area contributed by atoms with Gasteiger partial charge in [0.15, 0.2) is 0 Å². The number of anilines is 1. The Bertz CT molecular complexity index is 1070. The lowest BCUT2D eigenvalue weighted by Gasteiger charge is -2.45. The Labute approximate surface area is 223 Å². The smallest absolute Gasteiger partial charge is 0.434 e. The summed E-state index contributed by atoms with van der Waals surface area (Å²) in [5.74, 6) is -1.17. The monoisotopic (exact) mass is 593 g/mol. The van der Waals surface area contributed by atoms with Crippen molar-refractivity contribution >= 4 is 17.7 Å². The molecule has 1 aromatic carbocycles. The number of hydrogen-bond donors (Lipinski definition) is 1. The highest BCUT2D eigenvalue weighted by Crippen LogP contribution is 2.39. The topological polar surface area (TPSA) is 73.3 Å². The highest BCUT2D eigenvalue weighted by atomic mass is 19.4. The number of ether oxygens (including phenoxy) is 1. The van der Waals surface area contributed by atoms with Gasteiger partial charge in [-0.1, -0.05) is 6.07 Å². The van der Waals surface area contributed by atoms with Gasteiger partial charge < -0.3 is 19.6 Å². The minimum Gasteiger partial charge on any atom is -0.480 e. The van der Waals surface area contributed by atoms with Gasteiger partial charge >= 0.3 is 30.6 Å². The molecule has 0 spiro atoms. The number of benzene rings is 1. The van der Waals surface area contributed by atoms with Gasteiger partial charge in [0, 0.05) is 37.4 Å². The standard InChI is InChI=1S/C24H28F9N3O4/c1-21(7-10-35(11-8-21)20(39)40-19(23(28,29)30)24(31,32)33)34(2)13-14-5-6-15(22(25,26)27)12-17(14)36-9-3-4-16(36)18(37)38/h5-6,12,16,19H,3-4,7-11,13H2,1-2H3,(H,37,38)/t16-/m0/s1. The number of carbonyl (C=O) groups is 2. The Balaban J connectivity index is 1.75. The van der Waals surface area contributed by atoms with E-state index in [9.17, 15) is 54.2 Å². The molecular formula is C24H28F9N3O4.